The first-order chi connectivity index (χ1) is 11.1. The molecule has 0 aliphatic heterocycles. The molecule has 2 N–H and O–H groups in total. The quantitative estimate of drug-likeness (QED) is 0.883. The summed E-state index contributed by atoms with van der Waals surface area (Å²) in [6.07, 6.45) is 3.50. The fourth-order valence-electron chi connectivity index (χ4n) is 2.97. The van der Waals surface area contributed by atoms with Gasteiger partial charge in [0.25, 0.3) is 0 Å². The molecule has 2 aromatic rings. The van der Waals surface area contributed by atoms with Crippen molar-refractivity contribution in [1.82, 2.24) is 10.3 Å². The van der Waals surface area contributed by atoms with Gasteiger partial charge in [0, 0.05) is 18.3 Å². The molecule has 3 rings (SSSR count). The van der Waals surface area contributed by atoms with E-state index >= 15 is 0 Å². The van der Waals surface area contributed by atoms with Gasteiger partial charge < -0.3 is 10.4 Å². The van der Waals surface area contributed by atoms with Crippen molar-refractivity contribution < 1.29 is 14.7 Å². The van der Waals surface area contributed by atoms with Gasteiger partial charge in [-0.2, -0.15) is 0 Å². The molecule has 5 nitrogen and oxygen atoms in total. The predicted molar refractivity (Wildman–Crippen MR) is 87.9 cm³/mol. The summed E-state index contributed by atoms with van der Waals surface area (Å²) in [6.45, 7) is 0.476. The van der Waals surface area contributed by atoms with Gasteiger partial charge in [-0.15, -0.1) is 11.3 Å². The first-order valence-corrected chi connectivity index (χ1v) is 8.56. The largest absolute Gasteiger partial charge is 0.476 e. The van der Waals surface area contributed by atoms with Crippen LogP contribution in [0.4, 0.5) is 0 Å². The van der Waals surface area contributed by atoms with Gasteiger partial charge in [-0.3, -0.25) is 4.79 Å². The number of fused-ring (bicyclic) bond motifs is 1. The molecule has 0 spiro atoms. The Labute approximate surface area is 138 Å². The number of nitrogens with zero attached hydrogens (tertiary/aromatic N) is 1. The van der Waals surface area contributed by atoms with Crippen LogP contribution in [0.2, 0.25) is 0 Å². The zero-order chi connectivity index (χ0) is 16.2. The lowest BCUT2D eigenvalue weighted by atomic mass is 9.82. The van der Waals surface area contributed by atoms with Crippen LogP contribution < -0.4 is 5.32 Å². The van der Waals surface area contributed by atoms with Gasteiger partial charge in [0.2, 0.25) is 5.91 Å². The third-order valence-electron chi connectivity index (χ3n) is 4.09. The molecule has 0 saturated heterocycles. The maximum absolute atomic E-state index is 12.4. The highest BCUT2D eigenvalue weighted by atomic mass is 32.1. The Morgan fingerprint density at radius 1 is 1.35 bits per heavy atom. The second kappa shape index (κ2) is 6.91. The number of aromatic nitrogens is 1. The van der Waals surface area contributed by atoms with Crippen molar-refractivity contribution in [1.29, 1.82) is 0 Å². The van der Waals surface area contributed by atoms with E-state index in [-0.39, 0.29) is 17.5 Å². The molecule has 1 heterocycles. The Kier molecular flexibility index (Phi) is 4.71. The number of aryl methyl sites for hydroxylation is 1. The van der Waals surface area contributed by atoms with E-state index in [4.69, 9.17) is 5.11 Å². The van der Waals surface area contributed by atoms with Crippen LogP contribution in [0.15, 0.2) is 29.6 Å². The van der Waals surface area contributed by atoms with Crippen LogP contribution in [0.25, 0.3) is 0 Å². The Morgan fingerprint density at radius 3 is 2.96 bits per heavy atom. The standard InChI is InChI=1S/C17H18N2O3S/c20-16(13-7-3-5-11-4-1-2-6-12(11)13)18-9-8-15-19-14(10-23-15)17(21)22/h1-2,4,6,10,13H,3,5,7-9H2,(H,18,20)(H,21,22). The summed E-state index contributed by atoms with van der Waals surface area (Å²) in [6, 6.07) is 8.13. The topological polar surface area (TPSA) is 79.3 Å². The number of carbonyl (C=O) groups excluding carboxylic acids is 1. The summed E-state index contributed by atoms with van der Waals surface area (Å²) < 4.78 is 0. The van der Waals surface area contributed by atoms with E-state index in [0.29, 0.717) is 13.0 Å². The third kappa shape index (κ3) is 3.59. The number of rotatable bonds is 5. The van der Waals surface area contributed by atoms with Gasteiger partial charge in [0.1, 0.15) is 0 Å². The van der Waals surface area contributed by atoms with Crippen molar-refractivity contribution in [2.75, 3.05) is 6.54 Å². The molecule has 1 aliphatic carbocycles. The van der Waals surface area contributed by atoms with Crippen molar-refractivity contribution in [2.45, 2.75) is 31.6 Å². The Balaban J connectivity index is 1.57. The van der Waals surface area contributed by atoms with E-state index < -0.39 is 5.97 Å². The lowest BCUT2D eigenvalue weighted by Gasteiger charge is -2.24. The van der Waals surface area contributed by atoms with Gasteiger partial charge in [0.15, 0.2) is 5.69 Å². The molecular formula is C17H18N2O3S. The van der Waals surface area contributed by atoms with Crippen molar-refractivity contribution in [3.63, 3.8) is 0 Å². The normalized spacial score (nSPS) is 16.6. The number of carboxylic acids is 1. The third-order valence-corrected chi connectivity index (χ3v) is 5.00. The van der Waals surface area contributed by atoms with Crippen LogP contribution in [-0.2, 0) is 17.6 Å². The van der Waals surface area contributed by atoms with Gasteiger partial charge in [-0.1, -0.05) is 24.3 Å². The minimum Gasteiger partial charge on any atom is -0.476 e. The summed E-state index contributed by atoms with van der Waals surface area (Å²) in [4.78, 5) is 27.3. The molecule has 0 fully saturated rings. The minimum atomic E-state index is -1.02. The second-order valence-electron chi connectivity index (χ2n) is 5.62. The highest BCUT2D eigenvalue weighted by Crippen LogP contribution is 2.31. The molecule has 1 unspecified atom stereocenters. The van der Waals surface area contributed by atoms with Crippen LogP contribution in [0.3, 0.4) is 0 Å². The average Bonchev–Trinajstić information content (AvgIpc) is 3.03. The van der Waals surface area contributed by atoms with Gasteiger partial charge in [0.05, 0.1) is 10.9 Å². The molecule has 1 amide bonds. The predicted octanol–water partition coefficient (Wildman–Crippen LogP) is 2.62. The molecule has 120 valence electrons. The molecule has 0 saturated carbocycles. The Morgan fingerprint density at radius 2 is 2.17 bits per heavy atom. The fraction of sp³-hybridized carbons (Fsp3) is 0.353. The molecule has 23 heavy (non-hydrogen) atoms. The van der Waals surface area contributed by atoms with Gasteiger partial charge >= 0.3 is 5.97 Å². The van der Waals surface area contributed by atoms with Gasteiger partial charge in [-0.25, -0.2) is 9.78 Å². The van der Waals surface area contributed by atoms with Crippen molar-refractivity contribution in [3.05, 3.63) is 51.5 Å². The van der Waals surface area contributed by atoms with Crippen LogP contribution in [0, 0.1) is 0 Å². The maximum Gasteiger partial charge on any atom is 0.355 e. The van der Waals surface area contributed by atoms with Crippen LogP contribution >= 0.6 is 11.3 Å². The monoisotopic (exact) mass is 330 g/mol. The minimum absolute atomic E-state index is 0.0483. The lowest BCUT2D eigenvalue weighted by molar-refractivity contribution is -0.122. The SMILES string of the molecule is O=C(O)c1csc(CCNC(=O)C2CCCc3ccccc32)n1. The molecule has 6 heteroatoms. The van der Waals surface area contributed by atoms with E-state index in [9.17, 15) is 9.59 Å². The van der Waals surface area contributed by atoms with E-state index in [2.05, 4.69) is 16.4 Å². The first-order valence-electron chi connectivity index (χ1n) is 7.68. The smallest absolute Gasteiger partial charge is 0.355 e. The molecular weight excluding hydrogens is 312 g/mol. The van der Waals surface area contributed by atoms with Crippen LogP contribution in [0.5, 0.6) is 0 Å². The fourth-order valence-corrected chi connectivity index (χ4v) is 3.74. The number of amides is 1. The number of nitrogens with one attached hydrogen (secondary N) is 1. The molecule has 1 aromatic carbocycles. The first kappa shape index (κ1) is 15.7. The number of aromatic carboxylic acids is 1. The summed E-state index contributed by atoms with van der Waals surface area (Å²) in [7, 11) is 0. The number of hydrogen-bond acceptors (Lipinski definition) is 4. The van der Waals surface area contributed by atoms with E-state index in [1.165, 1.54) is 22.3 Å². The zero-order valence-corrected chi connectivity index (χ0v) is 13.4. The highest BCUT2D eigenvalue weighted by molar-refractivity contribution is 7.09. The average molecular weight is 330 g/mol. The van der Waals surface area contributed by atoms with Crippen molar-refractivity contribution in [3.8, 4) is 0 Å². The highest BCUT2D eigenvalue weighted by Gasteiger charge is 2.25. The second-order valence-corrected chi connectivity index (χ2v) is 6.56. The molecule has 1 aromatic heterocycles. The summed E-state index contributed by atoms with van der Waals surface area (Å²) >= 11 is 1.31. The summed E-state index contributed by atoms with van der Waals surface area (Å²) in [5, 5.41) is 14.1. The Hall–Kier alpha value is -2.21. The molecule has 1 atom stereocenters. The number of carbonyl (C=O) groups is 2. The van der Waals surface area contributed by atoms with Crippen LogP contribution in [-0.4, -0.2) is 28.5 Å². The van der Waals surface area contributed by atoms with Crippen molar-refractivity contribution >= 4 is 23.2 Å². The summed E-state index contributed by atoms with van der Waals surface area (Å²) in [5.41, 5.74) is 2.47. The summed E-state index contributed by atoms with van der Waals surface area (Å²) in [5.74, 6) is -1.05. The Bertz CT molecular complexity index is 726. The number of carboxylic acid groups (broad SMARTS) is 1. The molecule has 0 bridgehead atoms. The molecule has 1 aliphatic rings. The number of thiazole rings is 1. The van der Waals surface area contributed by atoms with Gasteiger partial charge in [-0.05, 0) is 30.4 Å². The number of benzene rings is 1. The lowest BCUT2D eigenvalue weighted by Crippen LogP contribution is -2.32. The molecule has 0 radical (unpaired) electrons. The van der Waals surface area contributed by atoms with E-state index in [1.807, 2.05) is 18.2 Å². The van der Waals surface area contributed by atoms with Crippen molar-refractivity contribution in [2.24, 2.45) is 0 Å². The maximum atomic E-state index is 12.4. The van der Waals surface area contributed by atoms with E-state index in [0.717, 1.165) is 29.8 Å². The zero-order valence-electron chi connectivity index (χ0n) is 12.6. The van der Waals surface area contributed by atoms with E-state index in [1.54, 1.807) is 0 Å². The number of hydrogen-bond donors (Lipinski definition) is 2. The van der Waals surface area contributed by atoms with Crippen LogP contribution in [0.1, 0.15) is 45.4 Å².